The molecular formula is C15H25N. The van der Waals surface area contributed by atoms with Crippen LogP contribution in [-0.2, 0) is 0 Å². The van der Waals surface area contributed by atoms with Gasteiger partial charge in [0.15, 0.2) is 0 Å². The lowest BCUT2D eigenvalue weighted by atomic mass is 9.95. The van der Waals surface area contributed by atoms with Gasteiger partial charge in [-0.1, -0.05) is 24.6 Å². The maximum atomic E-state index is 3.80. The fraction of sp³-hybridized carbons (Fsp3) is 0.733. The first-order valence-corrected chi connectivity index (χ1v) is 6.87. The summed E-state index contributed by atoms with van der Waals surface area (Å²) < 4.78 is 0. The maximum Gasteiger partial charge on any atom is 0.0289 e. The molecule has 0 fully saturated rings. The van der Waals surface area contributed by atoms with Crippen LogP contribution in [0.25, 0.3) is 0 Å². The minimum Gasteiger partial charge on any atom is -0.386 e. The molecule has 1 heteroatoms. The fourth-order valence-corrected chi connectivity index (χ4v) is 2.74. The van der Waals surface area contributed by atoms with E-state index in [2.05, 4.69) is 31.3 Å². The predicted octanol–water partition coefficient (Wildman–Crippen LogP) is 4.17. The Balaban J connectivity index is 1.91. The molecule has 2 unspecified atom stereocenters. The van der Waals surface area contributed by atoms with Gasteiger partial charge in [0, 0.05) is 11.7 Å². The van der Waals surface area contributed by atoms with Crippen LogP contribution in [0.15, 0.2) is 23.4 Å². The van der Waals surface area contributed by atoms with Crippen LogP contribution < -0.4 is 5.32 Å². The molecule has 0 saturated carbocycles. The molecule has 2 aliphatic rings. The van der Waals surface area contributed by atoms with E-state index in [1.807, 2.05) is 0 Å². The van der Waals surface area contributed by atoms with E-state index in [0.29, 0.717) is 6.04 Å². The molecule has 0 bridgehead atoms. The second kappa shape index (κ2) is 5.56. The largest absolute Gasteiger partial charge is 0.386 e. The lowest BCUT2D eigenvalue weighted by Crippen LogP contribution is -2.34. The van der Waals surface area contributed by atoms with Crippen molar-refractivity contribution in [2.75, 3.05) is 0 Å². The summed E-state index contributed by atoms with van der Waals surface area (Å²) in [5.41, 5.74) is 3.09. The zero-order chi connectivity index (χ0) is 11.4. The molecule has 16 heavy (non-hydrogen) atoms. The number of nitrogens with one attached hydrogen (secondary N) is 1. The van der Waals surface area contributed by atoms with Crippen LogP contribution in [0.4, 0.5) is 0 Å². The van der Waals surface area contributed by atoms with Crippen molar-refractivity contribution in [2.45, 2.75) is 64.8 Å². The van der Waals surface area contributed by atoms with E-state index < -0.39 is 0 Å². The quantitative estimate of drug-likeness (QED) is 0.687. The van der Waals surface area contributed by atoms with Crippen LogP contribution in [0, 0.1) is 5.92 Å². The number of rotatable bonds is 2. The second-order valence-corrected chi connectivity index (χ2v) is 5.53. The average molecular weight is 219 g/mol. The van der Waals surface area contributed by atoms with E-state index in [-0.39, 0.29) is 0 Å². The Morgan fingerprint density at radius 3 is 2.81 bits per heavy atom. The SMILES string of the molecule is CC1=CCC(C)C(NC2=CCCCC2)CC1. The highest BCUT2D eigenvalue weighted by Crippen LogP contribution is 2.25. The molecular weight excluding hydrogens is 194 g/mol. The Hall–Kier alpha value is -0.720. The molecule has 2 rings (SSSR count). The summed E-state index contributed by atoms with van der Waals surface area (Å²) >= 11 is 0. The van der Waals surface area contributed by atoms with Crippen molar-refractivity contribution < 1.29 is 0 Å². The Kier molecular flexibility index (Phi) is 4.09. The molecule has 0 radical (unpaired) electrons. The lowest BCUT2D eigenvalue weighted by Gasteiger charge is -2.27. The first kappa shape index (κ1) is 11.8. The molecule has 2 atom stereocenters. The molecule has 0 saturated heterocycles. The summed E-state index contributed by atoms with van der Waals surface area (Å²) in [4.78, 5) is 0. The van der Waals surface area contributed by atoms with Gasteiger partial charge in [-0.25, -0.2) is 0 Å². The third kappa shape index (κ3) is 3.13. The van der Waals surface area contributed by atoms with Crippen molar-refractivity contribution in [3.8, 4) is 0 Å². The van der Waals surface area contributed by atoms with Gasteiger partial charge in [-0.3, -0.25) is 0 Å². The summed E-state index contributed by atoms with van der Waals surface area (Å²) in [6.07, 6.45) is 14.0. The lowest BCUT2D eigenvalue weighted by molar-refractivity contribution is 0.383. The molecule has 90 valence electrons. The van der Waals surface area contributed by atoms with Crippen molar-refractivity contribution in [3.63, 3.8) is 0 Å². The van der Waals surface area contributed by atoms with E-state index in [1.54, 1.807) is 5.57 Å². The molecule has 0 spiro atoms. The first-order valence-electron chi connectivity index (χ1n) is 6.87. The Labute approximate surface area is 100 Å². The molecule has 0 aromatic carbocycles. The van der Waals surface area contributed by atoms with Gasteiger partial charge in [-0.2, -0.15) is 0 Å². The van der Waals surface area contributed by atoms with Crippen LogP contribution in [0.5, 0.6) is 0 Å². The summed E-state index contributed by atoms with van der Waals surface area (Å²) in [6, 6.07) is 0.693. The number of hydrogen-bond donors (Lipinski definition) is 1. The predicted molar refractivity (Wildman–Crippen MR) is 70.2 cm³/mol. The Morgan fingerprint density at radius 1 is 1.19 bits per heavy atom. The van der Waals surface area contributed by atoms with Crippen LogP contribution in [0.1, 0.15) is 58.8 Å². The summed E-state index contributed by atoms with van der Waals surface area (Å²) in [5.74, 6) is 0.778. The zero-order valence-corrected chi connectivity index (χ0v) is 10.8. The zero-order valence-electron chi connectivity index (χ0n) is 10.8. The Bertz CT molecular complexity index is 288. The highest BCUT2D eigenvalue weighted by molar-refractivity contribution is 5.08. The maximum absolute atomic E-state index is 3.80. The van der Waals surface area contributed by atoms with Crippen molar-refractivity contribution in [3.05, 3.63) is 23.4 Å². The smallest absolute Gasteiger partial charge is 0.0289 e. The molecule has 0 amide bonds. The topological polar surface area (TPSA) is 12.0 Å². The van der Waals surface area contributed by atoms with Crippen LogP contribution >= 0.6 is 0 Å². The number of hydrogen-bond acceptors (Lipinski definition) is 1. The van der Waals surface area contributed by atoms with E-state index >= 15 is 0 Å². The highest BCUT2D eigenvalue weighted by atomic mass is 14.9. The minimum absolute atomic E-state index is 0.693. The highest BCUT2D eigenvalue weighted by Gasteiger charge is 2.20. The summed E-state index contributed by atoms with van der Waals surface area (Å²) in [6.45, 7) is 4.66. The van der Waals surface area contributed by atoms with Gasteiger partial charge in [-0.15, -0.1) is 0 Å². The van der Waals surface area contributed by atoms with Crippen molar-refractivity contribution in [1.29, 1.82) is 0 Å². The van der Waals surface area contributed by atoms with Crippen molar-refractivity contribution in [1.82, 2.24) is 5.32 Å². The average Bonchev–Trinajstić information content (AvgIpc) is 2.46. The van der Waals surface area contributed by atoms with Gasteiger partial charge in [-0.05, 0) is 57.8 Å². The van der Waals surface area contributed by atoms with Gasteiger partial charge >= 0.3 is 0 Å². The molecule has 0 aromatic rings. The third-order valence-corrected chi connectivity index (χ3v) is 4.04. The van der Waals surface area contributed by atoms with Gasteiger partial charge in [0.05, 0.1) is 0 Å². The van der Waals surface area contributed by atoms with E-state index in [9.17, 15) is 0 Å². The monoisotopic (exact) mass is 219 g/mol. The normalized spacial score (nSPS) is 31.4. The van der Waals surface area contributed by atoms with Crippen LogP contribution in [0.3, 0.4) is 0 Å². The van der Waals surface area contributed by atoms with E-state index in [1.165, 1.54) is 50.6 Å². The number of allylic oxidation sites excluding steroid dienone is 4. The van der Waals surface area contributed by atoms with E-state index in [4.69, 9.17) is 0 Å². The van der Waals surface area contributed by atoms with Crippen molar-refractivity contribution >= 4 is 0 Å². The van der Waals surface area contributed by atoms with Gasteiger partial charge in [0.1, 0.15) is 0 Å². The molecule has 1 nitrogen and oxygen atoms in total. The molecule has 0 aliphatic heterocycles. The first-order chi connectivity index (χ1) is 7.75. The molecule has 2 aliphatic carbocycles. The van der Waals surface area contributed by atoms with Gasteiger partial charge < -0.3 is 5.32 Å². The van der Waals surface area contributed by atoms with Crippen LogP contribution in [0.2, 0.25) is 0 Å². The van der Waals surface area contributed by atoms with Crippen LogP contribution in [-0.4, -0.2) is 6.04 Å². The standard InChI is InChI=1S/C15H25N/c1-12-8-10-13(2)15(11-9-12)16-14-6-4-3-5-7-14/h6,8,13,15-16H,3-5,7,9-11H2,1-2H3. The van der Waals surface area contributed by atoms with E-state index in [0.717, 1.165) is 5.92 Å². The third-order valence-electron chi connectivity index (χ3n) is 4.04. The summed E-state index contributed by atoms with van der Waals surface area (Å²) in [7, 11) is 0. The van der Waals surface area contributed by atoms with Crippen molar-refractivity contribution in [2.24, 2.45) is 5.92 Å². The van der Waals surface area contributed by atoms with Gasteiger partial charge in [0.25, 0.3) is 0 Å². The molecule has 1 N–H and O–H groups in total. The summed E-state index contributed by atoms with van der Waals surface area (Å²) in [5, 5.41) is 3.80. The fourth-order valence-electron chi connectivity index (χ4n) is 2.74. The van der Waals surface area contributed by atoms with Gasteiger partial charge in [0.2, 0.25) is 0 Å². The minimum atomic E-state index is 0.693. The molecule has 0 heterocycles. The molecule has 0 aromatic heterocycles. The Morgan fingerprint density at radius 2 is 2.06 bits per heavy atom. The second-order valence-electron chi connectivity index (χ2n) is 5.53.